The zero-order chi connectivity index (χ0) is 13.8. The first-order valence-electron chi connectivity index (χ1n) is 8.25. The van der Waals surface area contributed by atoms with Crippen LogP contribution in [0.1, 0.15) is 44.9 Å². The van der Waals surface area contributed by atoms with Crippen molar-refractivity contribution in [1.82, 2.24) is 4.90 Å². The predicted octanol–water partition coefficient (Wildman–Crippen LogP) is 2.02. The van der Waals surface area contributed by atoms with Crippen molar-refractivity contribution >= 4 is 5.78 Å². The molecule has 0 radical (unpaired) electrons. The lowest BCUT2D eigenvalue weighted by molar-refractivity contribution is -0.136. The van der Waals surface area contributed by atoms with E-state index in [1.807, 2.05) is 0 Å². The van der Waals surface area contributed by atoms with Crippen LogP contribution in [-0.4, -0.2) is 55.7 Å². The Bertz CT molecular complexity index is 327. The summed E-state index contributed by atoms with van der Waals surface area (Å²) in [4.78, 5) is 15.4. The molecule has 3 fully saturated rings. The van der Waals surface area contributed by atoms with E-state index in [-0.39, 0.29) is 5.54 Å². The van der Waals surface area contributed by atoms with Gasteiger partial charge in [0, 0.05) is 32.7 Å². The first-order chi connectivity index (χ1) is 9.81. The van der Waals surface area contributed by atoms with Gasteiger partial charge in [-0.1, -0.05) is 12.8 Å². The molecule has 0 aromatic heterocycles. The van der Waals surface area contributed by atoms with Crippen LogP contribution < -0.4 is 0 Å². The lowest BCUT2D eigenvalue weighted by atomic mass is 9.82. The molecule has 2 aliphatic heterocycles. The van der Waals surface area contributed by atoms with Crippen LogP contribution >= 0.6 is 0 Å². The molecule has 4 heteroatoms. The van der Waals surface area contributed by atoms with Gasteiger partial charge in [-0.25, -0.2) is 0 Å². The molecule has 3 rings (SSSR count). The fraction of sp³-hybridized carbons (Fsp3) is 0.938. The van der Waals surface area contributed by atoms with E-state index in [4.69, 9.17) is 9.47 Å². The number of hydrogen-bond acceptors (Lipinski definition) is 4. The minimum absolute atomic E-state index is 0.151. The van der Waals surface area contributed by atoms with Crippen LogP contribution in [0, 0.1) is 5.92 Å². The van der Waals surface area contributed by atoms with Crippen LogP contribution in [0.4, 0.5) is 0 Å². The summed E-state index contributed by atoms with van der Waals surface area (Å²) in [6, 6.07) is 0. The van der Waals surface area contributed by atoms with Gasteiger partial charge in [0.2, 0.25) is 0 Å². The molecule has 2 saturated heterocycles. The molecular formula is C16H27NO3. The molecule has 0 aromatic carbocycles. The van der Waals surface area contributed by atoms with Gasteiger partial charge in [-0.3, -0.25) is 9.69 Å². The third-order valence-electron chi connectivity index (χ3n) is 5.38. The minimum atomic E-state index is -0.151. The van der Waals surface area contributed by atoms with Crippen molar-refractivity contribution in [3.63, 3.8) is 0 Å². The normalized spacial score (nSPS) is 28.6. The number of carbonyl (C=O) groups excluding carboxylic acids is 1. The van der Waals surface area contributed by atoms with Crippen molar-refractivity contribution in [2.45, 2.75) is 50.5 Å². The van der Waals surface area contributed by atoms with Crippen LogP contribution in [0.3, 0.4) is 0 Å². The van der Waals surface area contributed by atoms with Gasteiger partial charge in [0.05, 0.1) is 18.8 Å². The van der Waals surface area contributed by atoms with Gasteiger partial charge < -0.3 is 9.47 Å². The minimum Gasteiger partial charge on any atom is -0.381 e. The Hall–Kier alpha value is -0.450. The summed E-state index contributed by atoms with van der Waals surface area (Å²) in [5, 5.41) is 0. The Labute approximate surface area is 121 Å². The van der Waals surface area contributed by atoms with E-state index in [2.05, 4.69) is 4.90 Å². The van der Waals surface area contributed by atoms with Crippen molar-refractivity contribution in [3.05, 3.63) is 0 Å². The second-order valence-corrected chi connectivity index (χ2v) is 6.52. The van der Waals surface area contributed by atoms with E-state index < -0.39 is 0 Å². The number of hydrogen-bond donors (Lipinski definition) is 0. The fourth-order valence-corrected chi connectivity index (χ4v) is 4.13. The monoisotopic (exact) mass is 281 g/mol. The van der Waals surface area contributed by atoms with Crippen molar-refractivity contribution < 1.29 is 14.3 Å². The topological polar surface area (TPSA) is 38.8 Å². The lowest BCUT2D eigenvalue weighted by Gasteiger charge is -2.43. The third-order valence-corrected chi connectivity index (χ3v) is 5.38. The molecule has 4 nitrogen and oxygen atoms in total. The molecule has 1 aliphatic carbocycles. The highest BCUT2D eigenvalue weighted by atomic mass is 16.5. The molecule has 0 N–H and O–H groups in total. The summed E-state index contributed by atoms with van der Waals surface area (Å²) in [7, 11) is 0. The van der Waals surface area contributed by atoms with Crippen molar-refractivity contribution in [3.8, 4) is 0 Å². The summed E-state index contributed by atoms with van der Waals surface area (Å²) < 4.78 is 10.9. The Morgan fingerprint density at radius 2 is 1.60 bits per heavy atom. The van der Waals surface area contributed by atoms with Crippen LogP contribution in [-0.2, 0) is 14.3 Å². The van der Waals surface area contributed by atoms with Crippen LogP contribution in [0.2, 0.25) is 0 Å². The molecule has 2 heterocycles. The van der Waals surface area contributed by atoms with E-state index in [1.165, 1.54) is 12.8 Å². The van der Waals surface area contributed by atoms with Gasteiger partial charge in [-0.05, 0) is 31.6 Å². The molecule has 0 atom stereocenters. The summed E-state index contributed by atoms with van der Waals surface area (Å²) in [6.07, 6.45) is 7.43. The standard InChI is InChI=1S/C16H27NO3/c18-15(13-14-3-9-19-10-4-14)16(5-1-2-6-16)17-7-11-20-12-8-17/h14H,1-13H2. The highest BCUT2D eigenvalue weighted by molar-refractivity contribution is 5.89. The summed E-state index contributed by atoms with van der Waals surface area (Å²) in [6.45, 7) is 5.10. The highest BCUT2D eigenvalue weighted by Gasteiger charge is 2.46. The smallest absolute Gasteiger partial charge is 0.153 e. The highest BCUT2D eigenvalue weighted by Crippen LogP contribution is 2.38. The van der Waals surface area contributed by atoms with E-state index in [1.54, 1.807) is 0 Å². The molecule has 0 spiro atoms. The molecule has 114 valence electrons. The number of carbonyl (C=O) groups is 1. The first kappa shape index (κ1) is 14.5. The van der Waals surface area contributed by atoms with Crippen molar-refractivity contribution in [2.75, 3.05) is 39.5 Å². The number of morpholine rings is 1. The number of ketones is 1. The predicted molar refractivity (Wildman–Crippen MR) is 76.8 cm³/mol. The lowest BCUT2D eigenvalue weighted by Crippen LogP contribution is -2.57. The molecular weight excluding hydrogens is 254 g/mol. The fourth-order valence-electron chi connectivity index (χ4n) is 4.13. The molecule has 1 saturated carbocycles. The maximum Gasteiger partial charge on any atom is 0.153 e. The molecule has 0 amide bonds. The van der Waals surface area contributed by atoms with Crippen molar-refractivity contribution in [1.29, 1.82) is 0 Å². The van der Waals surface area contributed by atoms with E-state index in [0.717, 1.165) is 71.6 Å². The average molecular weight is 281 g/mol. The second-order valence-electron chi connectivity index (χ2n) is 6.52. The SMILES string of the molecule is O=C(CC1CCOCC1)C1(N2CCOCC2)CCCC1. The Morgan fingerprint density at radius 3 is 2.25 bits per heavy atom. The number of nitrogens with zero attached hydrogens (tertiary/aromatic N) is 1. The number of rotatable bonds is 4. The van der Waals surface area contributed by atoms with Gasteiger partial charge >= 0.3 is 0 Å². The van der Waals surface area contributed by atoms with Gasteiger partial charge in [0.25, 0.3) is 0 Å². The third kappa shape index (κ3) is 2.92. The summed E-state index contributed by atoms with van der Waals surface area (Å²) >= 11 is 0. The Morgan fingerprint density at radius 1 is 1.00 bits per heavy atom. The first-order valence-corrected chi connectivity index (χ1v) is 8.25. The molecule has 3 aliphatic rings. The average Bonchev–Trinajstić information content (AvgIpc) is 3.00. The van der Waals surface area contributed by atoms with Crippen LogP contribution in [0.25, 0.3) is 0 Å². The van der Waals surface area contributed by atoms with Crippen LogP contribution in [0.15, 0.2) is 0 Å². The molecule has 0 bridgehead atoms. The maximum atomic E-state index is 13.0. The summed E-state index contributed by atoms with van der Waals surface area (Å²) in [5.74, 6) is 1.05. The number of Topliss-reactive ketones (excluding diaryl/α,β-unsaturated/α-hetero) is 1. The van der Waals surface area contributed by atoms with Crippen molar-refractivity contribution in [2.24, 2.45) is 5.92 Å². The molecule has 0 aromatic rings. The molecule has 0 unspecified atom stereocenters. The zero-order valence-electron chi connectivity index (χ0n) is 12.4. The van der Waals surface area contributed by atoms with Gasteiger partial charge in [0.1, 0.15) is 0 Å². The largest absolute Gasteiger partial charge is 0.381 e. The summed E-state index contributed by atoms with van der Waals surface area (Å²) in [5.41, 5.74) is -0.151. The van der Waals surface area contributed by atoms with E-state index in [9.17, 15) is 4.79 Å². The van der Waals surface area contributed by atoms with E-state index >= 15 is 0 Å². The van der Waals surface area contributed by atoms with Gasteiger partial charge in [0.15, 0.2) is 5.78 Å². The zero-order valence-corrected chi connectivity index (χ0v) is 12.4. The Balaban J connectivity index is 1.66. The Kier molecular flexibility index (Phi) is 4.74. The van der Waals surface area contributed by atoms with Gasteiger partial charge in [-0.2, -0.15) is 0 Å². The van der Waals surface area contributed by atoms with Crippen LogP contribution in [0.5, 0.6) is 0 Å². The number of ether oxygens (including phenoxy) is 2. The maximum absolute atomic E-state index is 13.0. The van der Waals surface area contributed by atoms with E-state index in [0.29, 0.717) is 11.7 Å². The van der Waals surface area contributed by atoms with Gasteiger partial charge in [-0.15, -0.1) is 0 Å². The quantitative estimate of drug-likeness (QED) is 0.790. The second kappa shape index (κ2) is 6.54. The molecule has 20 heavy (non-hydrogen) atoms.